The number of pyridine rings is 1. The first-order valence-corrected chi connectivity index (χ1v) is 5.06. The van der Waals surface area contributed by atoms with Crippen LogP contribution in [0.4, 0.5) is 0 Å². The molecule has 0 aliphatic rings. The molecule has 1 aromatic carbocycles. The molecule has 78 valence electrons. The van der Waals surface area contributed by atoms with Gasteiger partial charge in [0, 0.05) is 11.6 Å². The SMILES string of the molecule is O=c1cnc2c(Cl)c3ncccc3cc2[nH]1. The number of aromatic nitrogens is 3. The van der Waals surface area contributed by atoms with Crippen LogP contribution in [0, 0.1) is 0 Å². The summed E-state index contributed by atoms with van der Waals surface area (Å²) in [5.74, 6) is 0. The van der Waals surface area contributed by atoms with E-state index in [-0.39, 0.29) is 5.56 Å². The lowest BCUT2D eigenvalue weighted by atomic mass is 10.2. The first-order valence-electron chi connectivity index (χ1n) is 4.68. The third-order valence-corrected chi connectivity index (χ3v) is 2.74. The number of halogens is 1. The highest BCUT2D eigenvalue weighted by atomic mass is 35.5. The van der Waals surface area contributed by atoms with Crippen LogP contribution in [0.15, 0.2) is 35.4 Å². The van der Waals surface area contributed by atoms with Gasteiger partial charge in [-0.3, -0.25) is 9.78 Å². The first kappa shape index (κ1) is 9.30. The Morgan fingerprint density at radius 1 is 1.25 bits per heavy atom. The van der Waals surface area contributed by atoms with Crippen molar-refractivity contribution in [3.8, 4) is 0 Å². The zero-order valence-corrected chi connectivity index (χ0v) is 8.82. The van der Waals surface area contributed by atoms with Crippen LogP contribution < -0.4 is 5.56 Å². The van der Waals surface area contributed by atoms with Gasteiger partial charge in [-0.1, -0.05) is 17.7 Å². The standard InChI is InChI=1S/C11H6ClN3O/c12-9-10-6(2-1-3-13-10)4-7-11(9)14-5-8(16)15-7/h1-5H,(H,15,16). The lowest BCUT2D eigenvalue weighted by Gasteiger charge is -2.03. The molecule has 0 aliphatic carbocycles. The van der Waals surface area contributed by atoms with Crippen molar-refractivity contribution in [3.63, 3.8) is 0 Å². The van der Waals surface area contributed by atoms with Crippen molar-refractivity contribution >= 4 is 33.5 Å². The van der Waals surface area contributed by atoms with Gasteiger partial charge in [0.1, 0.15) is 5.52 Å². The van der Waals surface area contributed by atoms with Crippen molar-refractivity contribution in [2.75, 3.05) is 0 Å². The van der Waals surface area contributed by atoms with E-state index < -0.39 is 0 Å². The van der Waals surface area contributed by atoms with Gasteiger partial charge in [-0.25, -0.2) is 4.98 Å². The number of H-pyrrole nitrogens is 1. The Hall–Kier alpha value is -1.94. The molecule has 0 spiro atoms. The molecule has 16 heavy (non-hydrogen) atoms. The Morgan fingerprint density at radius 2 is 2.12 bits per heavy atom. The van der Waals surface area contributed by atoms with Gasteiger partial charge in [0.15, 0.2) is 0 Å². The molecule has 0 radical (unpaired) electrons. The molecule has 2 aromatic heterocycles. The number of hydrogen-bond acceptors (Lipinski definition) is 3. The van der Waals surface area contributed by atoms with Gasteiger partial charge < -0.3 is 4.98 Å². The van der Waals surface area contributed by atoms with Gasteiger partial charge in [0.25, 0.3) is 5.56 Å². The Morgan fingerprint density at radius 3 is 3.00 bits per heavy atom. The summed E-state index contributed by atoms with van der Waals surface area (Å²) in [4.78, 5) is 22.1. The largest absolute Gasteiger partial charge is 0.319 e. The molecule has 3 aromatic rings. The average Bonchev–Trinajstić information content (AvgIpc) is 2.29. The van der Waals surface area contributed by atoms with E-state index in [1.807, 2.05) is 18.2 Å². The van der Waals surface area contributed by atoms with Crippen molar-refractivity contribution in [2.24, 2.45) is 0 Å². The number of fused-ring (bicyclic) bond motifs is 2. The lowest BCUT2D eigenvalue weighted by Crippen LogP contribution is -2.05. The lowest BCUT2D eigenvalue weighted by molar-refractivity contribution is 1.22. The second-order valence-electron chi connectivity index (χ2n) is 3.41. The van der Waals surface area contributed by atoms with Crippen LogP contribution >= 0.6 is 11.6 Å². The van der Waals surface area contributed by atoms with Gasteiger partial charge in [-0.2, -0.15) is 0 Å². The van der Waals surface area contributed by atoms with Gasteiger partial charge in [0.2, 0.25) is 0 Å². The topological polar surface area (TPSA) is 58.6 Å². The Kier molecular flexibility index (Phi) is 1.91. The molecular weight excluding hydrogens is 226 g/mol. The molecule has 2 heterocycles. The Balaban J connectivity index is 2.60. The normalized spacial score (nSPS) is 11.1. The maximum atomic E-state index is 11.2. The predicted molar refractivity (Wildman–Crippen MR) is 62.7 cm³/mol. The van der Waals surface area contributed by atoms with E-state index >= 15 is 0 Å². The molecule has 0 saturated heterocycles. The average molecular weight is 232 g/mol. The van der Waals surface area contributed by atoms with Crippen LogP contribution in [0.5, 0.6) is 0 Å². The van der Waals surface area contributed by atoms with E-state index in [4.69, 9.17) is 11.6 Å². The van der Waals surface area contributed by atoms with Gasteiger partial charge in [0.05, 0.1) is 22.3 Å². The monoisotopic (exact) mass is 231 g/mol. The summed E-state index contributed by atoms with van der Waals surface area (Å²) in [6, 6.07) is 5.52. The molecule has 0 amide bonds. The molecule has 5 heteroatoms. The second-order valence-corrected chi connectivity index (χ2v) is 3.79. The molecular formula is C11H6ClN3O. The molecule has 3 rings (SSSR count). The minimum atomic E-state index is -0.244. The van der Waals surface area contributed by atoms with Crippen LogP contribution in [0.1, 0.15) is 0 Å². The maximum Gasteiger partial charge on any atom is 0.266 e. The van der Waals surface area contributed by atoms with E-state index in [0.717, 1.165) is 5.39 Å². The van der Waals surface area contributed by atoms with Gasteiger partial charge in [-0.15, -0.1) is 0 Å². The van der Waals surface area contributed by atoms with E-state index in [9.17, 15) is 4.79 Å². The van der Waals surface area contributed by atoms with Crippen molar-refractivity contribution in [1.29, 1.82) is 0 Å². The fourth-order valence-corrected chi connectivity index (χ4v) is 1.99. The molecule has 0 unspecified atom stereocenters. The van der Waals surface area contributed by atoms with Crippen molar-refractivity contribution in [2.45, 2.75) is 0 Å². The van der Waals surface area contributed by atoms with E-state index in [2.05, 4.69) is 15.0 Å². The Bertz CT molecular complexity index is 751. The number of hydrogen-bond donors (Lipinski definition) is 1. The second kappa shape index (κ2) is 3.28. The molecule has 1 N–H and O–H groups in total. The van der Waals surface area contributed by atoms with Crippen LogP contribution in [0.3, 0.4) is 0 Å². The van der Waals surface area contributed by atoms with Crippen LogP contribution in [0.25, 0.3) is 21.9 Å². The summed E-state index contributed by atoms with van der Waals surface area (Å²) < 4.78 is 0. The van der Waals surface area contributed by atoms with Crippen molar-refractivity contribution in [3.05, 3.63) is 46.0 Å². The third kappa shape index (κ3) is 1.27. The summed E-state index contributed by atoms with van der Waals surface area (Å²) in [7, 11) is 0. The van der Waals surface area contributed by atoms with Crippen molar-refractivity contribution < 1.29 is 0 Å². The number of nitrogens with zero attached hydrogens (tertiary/aromatic N) is 2. The molecule has 4 nitrogen and oxygen atoms in total. The highest BCUT2D eigenvalue weighted by molar-refractivity contribution is 6.39. The van der Waals surface area contributed by atoms with Gasteiger partial charge in [-0.05, 0) is 12.1 Å². The molecule has 0 atom stereocenters. The molecule has 0 saturated carbocycles. The van der Waals surface area contributed by atoms with Crippen LogP contribution in [-0.4, -0.2) is 15.0 Å². The Labute approximate surface area is 94.9 Å². The van der Waals surface area contributed by atoms with E-state index in [1.165, 1.54) is 6.20 Å². The minimum absolute atomic E-state index is 0.244. The molecule has 0 aliphatic heterocycles. The zero-order valence-electron chi connectivity index (χ0n) is 8.07. The van der Waals surface area contributed by atoms with Crippen LogP contribution in [-0.2, 0) is 0 Å². The smallest absolute Gasteiger partial charge is 0.266 e. The van der Waals surface area contributed by atoms with Crippen molar-refractivity contribution in [1.82, 2.24) is 15.0 Å². The summed E-state index contributed by atoms with van der Waals surface area (Å²) in [6.45, 7) is 0. The van der Waals surface area contributed by atoms with E-state index in [1.54, 1.807) is 6.20 Å². The third-order valence-electron chi connectivity index (χ3n) is 2.38. The van der Waals surface area contributed by atoms with Crippen LogP contribution in [0.2, 0.25) is 5.02 Å². The zero-order chi connectivity index (χ0) is 11.1. The summed E-state index contributed by atoms with van der Waals surface area (Å²) in [5.41, 5.74) is 1.63. The number of nitrogens with one attached hydrogen (secondary N) is 1. The maximum absolute atomic E-state index is 11.2. The number of rotatable bonds is 0. The summed E-state index contributed by atoms with van der Waals surface area (Å²) in [5, 5.41) is 1.34. The number of aromatic amines is 1. The fourth-order valence-electron chi connectivity index (χ4n) is 1.68. The summed E-state index contributed by atoms with van der Waals surface area (Å²) in [6.07, 6.45) is 2.88. The first-order chi connectivity index (χ1) is 7.75. The fraction of sp³-hybridized carbons (Fsp3) is 0. The molecule has 0 fully saturated rings. The quantitative estimate of drug-likeness (QED) is 0.603. The number of benzene rings is 1. The van der Waals surface area contributed by atoms with E-state index in [0.29, 0.717) is 21.6 Å². The van der Waals surface area contributed by atoms with Gasteiger partial charge >= 0.3 is 0 Å². The highest BCUT2D eigenvalue weighted by Gasteiger charge is 2.07. The summed E-state index contributed by atoms with van der Waals surface area (Å²) >= 11 is 6.18. The minimum Gasteiger partial charge on any atom is -0.319 e. The highest BCUT2D eigenvalue weighted by Crippen LogP contribution is 2.27. The predicted octanol–water partition coefficient (Wildman–Crippen LogP) is 2.12. The molecule has 0 bridgehead atoms.